The smallest absolute Gasteiger partial charge is 0.253 e. The van der Waals surface area contributed by atoms with E-state index in [2.05, 4.69) is 59.9 Å². The average molecular weight is 474 g/mol. The summed E-state index contributed by atoms with van der Waals surface area (Å²) in [6.45, 7) is 5.53. The van der Waals surface area contributed by atoms with Crippen LogP contribution < -0.4 is 5.32 Å². The number of amides is 1. The van der Waals surface area contributed by atoms with Crippen molar-refractivity contribution < 1.29 is 4.79 Å². The fraction of sp³-hybridized carbons (Fsp3) is 0.500. The molecule has 2 heterocycles. The van der Waals surface area contributed by atoms with Crippen LogP contribution in [-0.4, -0.2) is 54.2 Å². The molecule has 2 saturated heterocycles. The van der Waals surface area contributed by atoms with Gasteiger partial charge in [0.15, 0.2) is 0 Å². The first-order chi connectivity index (χ1) is 15.0. The Morgan fingerprint density at radius 1 is 1.19 bits per heavy atom. The molecule has 1 N–H and O–H groups in total. The number of piperidine rings is 1. The average Bonchev–Trinajstić information content (AvgIpc) is 2.98. The van der Waals surface area contributed by atoms with Crippen LogP contribution in [0.1, 0.15) is 55.5 Å². The van der Waals surface area contributed by atoms with Gasteiger partial charge in [-0.05, 0) is 94.8 Å². The zero-order valence-electron chi connectivity index (χ0n) is 19.6. The maximum absolute atomic E-state index is 12.6. The first-order valence-corrected chi connectivity index (χ1v) is 12.8. The van der Waals surface area contributed by atoms with Gasteiger partial charge in [-0.2, -0.15) is 0 Å². The SMILES string of the molecule is CCN(CC)C(=O)c1ccc(NC2CC3CCC(c4cccc(SC)c4)(C2)N3C)cc1.Cl. The lowest BCUT2D eigenvalue weighted by Crippen LogP contribution is -2.51. The molecule has 2 aromatic rings. The molecule has 1 amide bonds. The predicted molar refractivity (Wildman–Crippen MR) is 138 cm³/mol. The number of anilines is 1. The Bertz CT molecular complexity index is 918. The number of thioether (sulfide) groups is 1. The first-order valence-electron chi connectivity index (χ1n) is 11.5. The van der Waals surface area contributed by atoms with Gasteiger partial charge in [0.2, 0.25) is 0 Å². The first kappa shape index (κ1) is 24.9. The highest BCUT2D eigenvalue weighted by molar-refractivity contribution is 7.98. The van der Waals surface area contributed by atoms with E-state index in [1.807, 2.05) is 42.6 Å². The number of nitrogens with one attached hydrogen (secondary N) is 1. The van der Waals surface area contributed by atoms with Crippen molar-refractivity contribution in [2.24, 2.45) is 0 Å². The molecule has 4 rings (SSSR count). The van der Waals surface area contributed by atoms with Crippen LogP contribution in [0.15, 0.2) is 53.4 Å². The summed E-state index contributed by atoms with van der Waals surface area (Å²) >= 11 is 1.82. The number of rotatable bonds is 7. The van der Waals surface area contributed by atoms with E-state index >= 15 is 0 Å². The van der Waals surface area contributed by atoms with Crippen LogP contribution in [0.25, 0.3) is 0 Å². The summed E-state index contributed by atoms with van der Waals surface area (Å²) in [6.07, 6.45) is 6.91. The van der Waals surface area contributed by atoms with Gasteiger partial charge in [0.25, 0.3) is 5.91 Å². The Balaban J connectivity index is 0.00000289. The van der Waals surface area contributed by atoms with Crippen molar-refractivity contribution in [3.05, 3.63) is 59.7 Å². The number of fused-ring (bicyclic) bond motifs is 2. The van der Waals surface area contributed by atoms with E-state index < -0.39 is 0 Å². The molecule has 4 nitrogen and oxygen atoms in total. The Kier molecular flexibility index (Phi) is 8.18. The Morgan fingerprint density at radius 2 is 1.91 bits per heavy atom. The quantitative estimate of drug-likeness (QED) is 0.509. The molecule has 2 fully saturated rings. The molecular formula is C26H36ClN3OS. The van der Waals surface area contributed by atoms with E-state index in [1.165, 1.54) is 29.7 Å². The van der Waals surface area contributed by atoms with E-state index in [-0.39, 0.29) is 23.9 Å². The molecule has 0 aromatic heterocycles. The second-order valence-electron chi connectivity index (χ2n) is 8.90. The molecule has 3 unspecified atom stereocenters. The zero-order chi connectivity index (χ0) is 22.0. The molecule has 0 radical (unpaired) electrons. The summed E-state index contributed by atoms with van der Waals surface area (Å²) in [7, 11) is 2.31. The topological polar surface area (TPSA) is 35.6 Å². The summed E-state index contributed by atoms with van der Waals surface area (Å²) in [5, 5.41) is 3.79. The lowest BCUT2D eigenvalue weighted by Gasteiger charge is -2.47. The molecule has 6 heteroatoms. The van der Waals surface area contributed by atoms with Crippen LogP contribution in [0.4, 0.5) is 5.69 Å². The summed E-state index contributed by atoms with van der Waals surface area (Å²) < 4.78 is 0. The van der Waals surface area contributed by atoms with Crippen LogP contribution in [0.2, 0.25) is 0 Å². The Morgan fingerprint density at radius 3 is 2.56 bits per heavy atom. The van der Waals surface area contributed by atoms with Crippen molar-refractivity contribution in [3.8, 4) is 0 Å². The van der Waals surface area contributed by atoms with Crippen LogP contribution in [-0.2, 0) is 5.54 Å². The van der Waals surface area contributed by atoms with Gasteiger partial charge >= 0.3 is 0 Å². The fourth-order valence-electron chi connectivity index (χ4n) is 5.59. The lowest BCUT2D eigenvalue weighted by molar-refractivity contribution is 0.0730. The Hall–Kier alpha value is -1.69. The largest absolute Gasteiger partial charge is 0.382 e. The predicted octanol–water partition coefficient (Wildman–Crippen LogP) is 5.88. The van der Waals surface area contributed by atoms with Crippen molar-refractivity contribution in [3.63, 3.8) is 0 Å². The monoisotopic (exact) mass is 473 g/mol. The van der Waals surface area contributed by atoms with Crippen molar-refractivity contribution in [2.75, 3.05) is 31.7 Å². The van der Waals surface area contributed by atoms with Gasteiger partial charge in [0, 0.05) is 46.9 Å². The number of carbonyl (C=O) groups excluding carboxylic acids is 1. The van der Waals surface area contributed by atoms with E-state index in [0.29, 0.717) is 12.1 Å². The number of benzene rings is 2. The summed E-state index contributed by atoms with van der Waals surface area (Å²) in [6, 6.07) is 18.2. The van der Waals surface area contributed by atoms with Crippen LogP contribution in [0.3, 0.4) is 0 Å². The summed E-state index contributed by atoms with van der Waals surface area (Å²) in [5.74, 6) is 0.113. The van der Waals surface area contributed by atoms with Gasteiger partial charge in [-0.3, -0.25) is 9.69 Å². The van der Waals surface area contributed by atoms with Gasteiger partial charge < -0.3 is 10.2 Å². The molecule has 0 aliphatic carbocycles. The normalized spacial score (nSPS) is 24.6. The van der Waals surface area contributed by atoms with Gasteiger partial charge in [0.1, 0.15) is 0 Å². The van der Waals surface area contributed by atoms with Crippen LogP contribution >= 0.6 is 24.2 Å². The lowest BCUT2D eigenvalue weighted by atomic mass is 9.80. The second-order valence-corrected chi connectivity index (χ2v) is 9.78. The van der Waals surface area contributed by atoms with Crippen molar-refractivity contribution in [2.45, 2.75) is 62.0 Å². The molecule has 0 spiro atoms. The standard InChI is InChI=1S/C26H35N3OS.ClH/c1-5-29(6-2)25(30)19-10-12-21(13-11-19)27-22-17-23-14-15-26(18-22,28(23)3)20-8-7-9-24(16-20)31-4;/h7-13,16,22-23,27H,5-6,14-15,17-18H2,1-4H3;1H. The molecule has 2 bridgehead atoms. The van der Waals surface area contributed by atoms with Crippen molar-refractivity contribution in [1.82, 2.24) is 9.80 Å². The molecule has 2 aliphatic rings. The number of halogens is 1. The summed E-state index contributed by atoms with van der Waals surface area (Å²) in [5.41, 5.74) is 3.45. The fourth-order valence-corrected chi connectivity index (χ4v) is 6.05. The summed E-state index contributed by atoms with van der Waals surface area (Å²) in [4.78, 5) is 18.4. The minimum absolute atomic E-state index is 0. The molecule has 174 valence electrons. The van der Waals surface area contributed by atoms with Crippen LogP contribution in [0, 0.1) is 0 Å². The number of hydrogen-bond acceptors (Lipinski definition) is 4. The van der Waals surface area contributed by atoms with Crippen molar-refractivity contribution >= 4 is 35.8 Å². The van der Waals surface area contributed by atoms with Gasteiger partial charge in [-0.1, -0.05) is 12.1 Å². The highest BCUT2D eigenvalue weighted by atomic mass is 35.5. The van der Waals surface area contributed by atoms with E-state index in [4.69, 9.17) is 0 Å². The molecule has 2 aromatic carbocycles. The third-order valence-electron chi connectivity index (χ3n) is 7.42. The third-order valence-corrected chi connectivity index (χ3v) is 8.14. The third kappa shape index (κ3) is 4.66. The number of carbonyl (C=O) groups is 1. The minimum atomic E-state index is 0. The molecule has 3 atom stereocenters. The van der Waals surface area contributed by atoms with Gasteiger partial charge in [0.05, 0.1) is 0 Å². The maximum atomic E-state index is 12.6. The van der Waals surface area contributed by atoms with Gasteiger partial charge in [-0.15, -0.1) is 24.2 Å². The molecule has 2 aliphatic heterocycles. The van der Waals surface area contributed by atoms with E-state index in [9.17, 15) is 4.79 Å². The molecular weight excluding hydrogens is 438 g/mol. The highest BCUT2D eigenvalue weighted by Crippen LogP contribution is 2.50. The van der Waals surface area contributed by atoms with E-state index in [0.717, 1.165) is 30.8 Å². The maximum Gasteiger partial charge on any atom is 0.253 e. The van der Waals surface area contributed by atoms with Crippen molar-refractivity contribution in [1.29, 1.82) is 0 Å². The van der Waals surface area contributed by atoms with Crippen LogP contribution in [0.5, 0.6) is 0 Å². The van der Waals surface area contributed by atoms with Gasteiger partial charge in [-0.25, -0.2) is 0 Å². The molecule has 0 saturated carbocycles. The molecule has 32 heavy (non-hydrogen) atoms. The highest BCUT2D eigenvalue weighted by Gasteiger charge is 2.50. The zero-order valence-corrected chi connectivity index (χ0v) is 21.3. The minimum Gasteiger partial charge on any atom is -0.382 e. The second kappa shape index (κ2) is 10.5. The Labute approximate surface area is 203 Å². The number of nitrogens with zero attached hydrogens (tertiary/aromatic N) is 2. The number of hydrogen-bond donors (Lipinski definition) is 1. The van der Waals surface area contributed by atoms with E-state index in [1.54, 1.807) is 0 Å².